The Bertz CT molecular complexity index is 615. The lowest BCUT2D eigenvalue weighted by atomic mass is 9.98. The third kappa shape index (κ3) is 3.29. The van der Waals surface area contributed by atoms with E-state index in [1.807, 2.05) is 12.1 Å². The van der Waals surface area contributed by atoms with Crippen molar-refractivity contribution in [2.45, 2.75) is 26.2 Å². The summed E-state index contributed by atoms with van der Waals surface area (Å²) in [6.45, 7) is 4.16. The number of halogens is 2. The lowest BCUT2D eigenvalue weighted by molar-refractivity contribution is 0.0993. The van der Waals surface area contributed by atoms with E-state index in [0.29, 0.717) is 17.0 Å². The van der Waals surface area contributed by atoms with Crippen molar-refractivity contribution in [1.82, 2.24) is 0 Å². The molecule has 0 aliphatic heterocycles. The van der Waals surface area contributed by atoms with Gasteiger partial charge in [0.25, 0.3) is 0 Å². The molecule has 0 amide bonds. The van der Waals surface area contributed by atoms with Gasteiger partial charge in [-0.3, -0.25) is 4.79 Å². The van der Waals surface area contributed by atoms with Gasteiger partial charge in [-0.25, -0.2) is 8.78 Å². The molecular weight excluding hydrogens is 258 g/mol. The molecule has 0 unspecified atom stereocenters. The zero-order valence-corrected chi connectivity index (χ0v) is 11.5. The van der Waals surface area contributed by atoms with E-state index in [9.17, 15) is 13.6 Å². The first-order valence-electron chi connectivity index (χ1n) is 6.54. The topological polar surface area (TPSA) is 17.1 Å². The molecule has 0 aliphatic rings. The predicted octanol–water partition coefficient (Wildman–Crippen LogP) is 4.51. The van der Waals surface area contributed by atoms with Gasteiger partial charge in [0.1, 0.15) is 0 Å². The monoisotopic (exact) mass is 274 g/mol. The Morgan fingerprint density at radius 1 is 1.00 bits per heavy atom. The van der Waals surface area contributed by atoms with Crippen LogP contribution in [-0.4, -0.2) is 5.78 Å². The van der Waals surface area contributed by atoms with E-state index >= 15 is 0 Å². The number of carbonyl (C=O) groups excluding carboxylic acids is 1. The van der Waals surface area contributed by atoms with Crippen LogP contribution >= 0.6 is 0 Å². The number of carbonyl (C=O) groups is 1. The van der Waals surface area contributed by atoms with Crippen LogP contribution in [0, 0.1) is 11.6 Å². The highest BCUT2D eigenvalue weighted by atomic mass is 19.2. The van der Waals surface area contributed by atoms with E-state index in [1.165, 1.54) is 6.07 Å². The predicted molar refractivity (Wildman–Crippen MR) is 74.9 cm³/mol. The zero-order chi connectivity index (χ0) is 14.7. The molecular formula is C17H16F2O. The molecule has 0 atom stereocenters. The molecule has 0 radical (unpaired) electrons. The Kier molecular flexibility index (Phi) is 4.28. The molecule has 0 bridgehead atoms. The van der Waals surface area contributed by atoms with E-state index in [0.717, 1.165) is 17.7 Å². The number of hydrogen-bond acceptors (Lipinski definition) is 1. The Morgan fingerprint density at radius 3 is 2.20 bits per heavy atom. The van der Waals surface area contributed by atoms with Gasteiger partial charge in [0.05, 0.1) is 0 Å². The highest BCUT2D eigenvalue weighted by Gasteiger charge is 2.10. The molecule has 0 saturated heterocycles. The maximum atomic E-state index is 13.1. The fourth-order valence-corrected chi connectivity index (χ4v) is 1.99. The summed E-state index contributed by atoms with van der Waals surface area (Å²) < 4.78 is 25.9. The molecule has 0 saturated carbocycles. The van der Waals surface area contributed by atoms with Gasteiger partial charge in [0.2, 0.25) is 0 Å². The van der Waals surface area contributed by atoms with Gasteiger partial charge < -0.3 is 0 Å². The molecule has 3 heteroatoms. The molecule has 1 nitrogen and oxygen atoms in total. The van der Waals surface area contributed by atoms with Crippen LogP contribution < -0.4 is 0 Å². The average molecular weight is 274 g/mol. The van der Waals surface area contributed by atoms with Crippen molar-refractivity contribution in [2.75, 3.05) is 0 Å². The van der Waals surface area contributed by atoms with Crippen molar-refractivity contribution in [2.24, 2.45) is 0 Å². The van der Waals surface area contributed by atoms with Crippen molar-refractivity contribution in [3.8, 4) is 0 Å². The third-order valence-corrected chi connectivity index (χ3v) is 3.25. The fraction of sp³-hybridized carbons (Fsp3) is 0.235. The molecule has 0 aliphatic carbocycles. The first kappa shape index (κ1) is 14.4. The lowest BCUT2D eigenvalue weighted by Crippen LogP contribution is -2.04. The average Bonchev–Trinajstić information content (AvgIpc) is 2.43. The van der Waals surface area contributed by atoms with Crippen LogP contribution in [0.5, 0.6) is 0 Å². The molecule has 0 aromatic heterocycles. The summed E-state index contributed by atoms with van der Waals surface area (Å²) in [5.74, 6) is -1.52. The fourth-order valence-electron chi connectivity index (χ4n) is 1.99. The van der Waals surface area contributed by atoms with Crippen LogP contribution in [0.4, 0.5) is 8.78 Å². The minimum Gasteiger partial charge on any atom is -0.294 e. The van der Waals surface area contributed by atoms with Crippen LogP contribution in [0.2, 0.25) is 0 Å². The number of hydrogen-bond donors (Lipinski definition) is 0. The Hall–Kier alpha value is -2.03. The maximum Gasteiger partial charge on any atom is 0.167 e. The van der Waals surface area contributed by atoms with Gasteiger partial charge in [-0.2, -0.15) is 0 Å². The molecule has 0 heterocycles. The highest BCUT2D eigenvalue weighted by molar-refractivity contribution is 5.97. The van der Waals surface area contributed by atoms with E-state index in [1.54, 1.807) is 12.1 Å². The quantitative estimate of drug-likeness (QED) is 0.749. The van der Waals surface area contributed by atoms with Gasteiger partial charge >= 0.3 is 0 Å². The Balaban J connectivity index is 2.13. The summed E-state index contributed by atoms with van der Waals surface area (Å²) >= 11 is 0. The Morgan fingerprint density at radius 2 is 1.65 bits per heavy atom. The molecule has 104 valence electrons. The lowest BCUT2D eigenvalue weighted by Gasteiger charge is -2.07. The van der Waals surface area contributed by atoms with Gasteiger partial charge in [-0.05, 0) is 29.2 Å². The normalized spacial score (nSPS) is 10.8. The van der Waals surface area contributed by atoms with Crippen LogP contribution in [0.3, 0.4) is 0 Å². The second kappa shape index (κ2) is 5.95. The van der Waals surface area contributed by atoms with Crippen LogP contribution in [0.25, 0.3) is 0 Å². The summed E-state index contributed by atoms with van der Waals surface area (Å²) in [4.78, 5) is 12.1. The maximum absolute atomic E-state index is 13.1. The highest BCUT2D eigenvalue weighted by Crippen LogP contribution is 2.16. The minimum absolute atomic E-state index is 0.0677. The summed E-state index contributed by atoms with van der Waals surface area (Å²) in [5, 5.41) is 0. The van der Waals surface area contributed by atoms with E-state index in [-0.39, 0.29) is 12.2 Å². The number of ketones is 1. The summed E-state index contributed by atoms with van der Waals surface area (Å²) in [5.41, 5.74) is 2.22. The van der Waals surface area contributed by atoms with Gasteiger partial charge in [-0.15, -0.1) is 0 Å². The van der Waals surface area contributed by atoms with Crippen LogP contribution in [0.1, 0.15) is 41.3 Å². The second-order valence-electron chi connectivity index (χ2n) is 5.13. The molecule has 0 N–H and O–H groups in total. The third-order valence-electron chi connectivity index (χ3n) is 3.25. The number of rotatable bonds is 4. The minimum atomic E-state index is -0.926. The van der Waals surface area contributed by atoms with Crippen LogP contribution in [0.15, 0.2) is 42.5 Å². The zero-order valence-electron chi connectivity index (χ0n) is 11.5. The largest absolute Gasteiger partial charge is 0.294 e. The SMILES string of the molecule is CC(C)c1ccc(C(=O)Cc2ccc(F)c(F)c2)cc1. The van der Waals surface area contributed by atoms with Crippen molar-refractivity contribution >= 4 is 5.78 Å². The van der Waals surface area contributed by atoms with Crippen molar-refractivity contribution < 1.29 is 13.6 Å². The summed E-state index contributed by atoms with van der Waals surface area (Å²) in [7, 11) is 0. The van der Waals surface area contributed by atoms with Crippen molar-refractivity contribution in [1.29, 1.82) is 0 Å². The summed E-state index contributed by atoms with van der Waals surface area (Å²) in [6.07, 6.45) is 0.0677. The molecule has 0 spiro atoms. The van der Waals surface area contributed by atoms with Gasteiger partial charge in [0.15, 0.2) is 17.4 Å². The summed E-state index contributed by atoms with van der Waals surface area (Å²) in [6, 6.07) is 10.9. The molecule has 2 aromatic rings. The molecule has 2 aromatic carbocycles. The number of benzene rings is 2. The Labute approximate surface area is 117 Å². The van der Waals surface area contributed by atoms with Gasteiger partial charge in [-0.1, -0.05) is 44.2 Å². The van der Waals surface area contributed by atoms with E-state index < -0.39 is 11.6 Å². The molecule has 20 heavy (non-hydrogen) atoms. The van der Waals surface area contributed by atoms with Gasteiger partial charge in [0, 0.05) is 12.0 Å². The second-order valence-corrected chi connectivity index (χ2v) is 5.13. The van der Waals surface area contributed by atoms with Crippen molar-refractivity contribution in [3.63, 3.8) is 0 Å². The first-order valence-corrected chi connectivity index (χ1v) is 6.54. The van der Waals surface area contributed by atoms with Crippen LogP contribution in [-0.2, 0) is 6.42 Å². The van der Waals surface area contributed by atoms with E-state index in [2.05, 4.69) is 13.8 Å². The molecule has 2 rings (SSSR count). The smallest absolute Gasteiger partial charge is 0.167 e. The number of Topliss-reactive ketones (excluding diaryl/α,β-unsaturated/α-hetero) is 1. The standard InChI is InChI=1S/C17H16F2O/c1-11(2)13-4-6-14(7-5-13)17(20)10-12-3-8-15(18)16(19)9-12/h3-9,11H,10H2,1-2H3. The van der Waals surface area contributed by atoms with E-state index in [4.69, 9.17) is 0 Å². The van der Waals surface area contributed by atoms with Crippen molar-refractivity contribution in [3.05, 3.63) is 70.8 Å². The first-order chi connectivity index (χ1) is 9.47. The molecule has 0 fully saturated rings.